The smallest absolute Gasteiger partial charge is 0.255 e. The molecule has 3 rings (SSSR count). The molecule has 1 heterocycles. The molecule has 0 aliphatic carbocycles. The Labute approximate surface area is 137 Å². The minimum absolute atomic E-state index is 0.129. The molecule has 0 saturated carbocycles. The Morgan fingerprint density at radius 1 is 1.18 bits per heavy atom. The van der Waals surface area contributed by atoms with E-state index in [0.29, 0.717) is 5.56 Å². The zero-order chi connectivity index (χ0) is 15.5. The number of pyridine rings is 1. The molecule has 110 valence electrons. The van der Waals surface area contributed by atoms with Gasteiger partial charge in [0, 0.05) is 21.6 Å². The van der Waals surface area contributed by atoms with Crippen molar-refractivity contribution in [3.8, 4) is 0 Å². The molecule has 0 aliphatic rings. The van der Waals surface area contributed by atoms with Gasteiger partial charge in [0.25, 0.3) is 5.91 Å². The number of nitrogens with zero attached hydrogens (tertiary/aromatic N) is 1. The fraction of sp³-hybridized carbons (Fsp3) is 0.111. The average molecular weight is 355 g/mol. The van der Waals surface area contributed by atoms with E-state index in [1.807, 2.05) is 36.4 Å². The van der Waals surface area contributed by atoms with Gasteiger partial charge in [0.1, 0.15) is 0 Å². The fourth-order valence-electron chi connectivity index (χ4n) is 2.46. The van der Waals surface area contributed by atoms with Crippen LogP contribution in [0.4, 0.5) is 5.69 Å². The predicted molar refractivity (Wildman–Crippen MR) is 93.2 cm³/mol. The first-order chi connectivity index (χ1) is 10.7. The Kier molecular flexibility index (Phi) is 4.20. The molecule has 0 aliphatic heterocycles. The quantitative estimate of drug-likeness (QED) is 0.732. The molecule has 2 aromatic carbocycles. The standard InChI is InChI=1S/C18H15BrN2O/c1-2-12-11-15(19)17(14-9-6-10-20-16(12)14)21-18(22)13-7-4-3-5-8-13/h3-11H,2H2,1H3,(H,21,22). The molecule has 0 spiro atoms. The van der Waals surface area contributed by atoms with Crippen LogP contribution in [0.3, 0.4) is 0 Å². The summed E-state index contributed by atoms with van der Waals surface area (Å²) >= 11 is 3.57. The monoisotopic (exact) mass is 354 g/mol. The Morgan fingerprint density at radius 2 is 1.95 bits per heavy atom. The van der Waals surface area contributed by atoms with Gasteiger partial charge >= 0.3 is 0 Å². The van der Waals surface area contributed by atoms with Crippen LogP contribution in [0, 0.1) is 0 Å². The molecule has 0 radical (unpaired) electrons. The maximum atomic E-state index is 12.4. The second-order valence-corrected chi connectivity index (χ2v) is 5.82. The van der Waals surface area contributed by atoms with Crippen LogP contribution in [0.25, 0.3) is 10.9 Å². The molecule has 1 aromatic heterocycles. The van der Waals surface area contributed by atoms with Crippen LogP contribution >= 0.6 is 15.9 Å². The largest absolute Gasteiger partial charge is 0.320 e. The van der Waals surface area contributed by atoms with Crippen LogP contribution in [0.15, 0.2) is 59.2 Å². The molecular weight excluding hydrogens is 340 g/mol. The Hall–Kier alpha value is -2.20. The summed E-state index contributed by atoms with van der Waals surface area (Å²) in [4.78, 5) is 16.9. The first-order valence-corrected chi connectivity index (χ1v) is 7.92. The lowest BCUT2D eigenvalue weighted by atomic mass is 10.1. The van der Waals surface area contributed by atoms with Crippen molar-refractivity contribution in [1.29, 1.82) is 0 Å². The molecule has 1 N–H and O–H groups in total. The van der Waals surface area contributed by atoms with E-state index in [-0.39, 0.29) is 5.91 Å². The van der Waals surface area contributed by atoms with Crippen molar-refractivity contribution in [2.24, 2.45) is 0 Å². The van der Waals surface area contributed by atoms with E-state index in [4.69, 9.17) is 0 Å². The van der Waals surface area contributed by atoms with E-state index < -0.39 is 0 Å². The van der Waals surface area contributed by atoms with Gasteiger partial charge < -0.3 is 5.32 Å². The minimum atomic E-state index is -0.129. The summed E-state index contributed by atoms with van der Waals surface area (Å²) in [7, 11) is 0. The van der Waals surface area contributed by atoms with Crippen LogP contribution in [0.2, 0.25) is 0 Å². The highest BCUT2D eigenvalue weighted by molar-refractivity contribution is 9.10. The van der Waals surface area contributed by atoms with Gasteiger partial charge in [0.2, 0.25) is 0 Å². The van der Waals surface area contributed by atoms with Crippen molar-refractivity contribution in [2.75, 3.05) is 5.32 Å². The number of carbonyl (C=O) groups is 1. The third-order valence-corrected chi connectivity index (χ3v) is 4.20. The number of aryl methyl sites for hydroxylation is 1. The van der Waals surface area contributed by atoms with Crippen molar-refractivity contribution < 1.29 is 4.79 Å². The maximum Gasteiger partial charge on any atom is 0.255 e. The Morgan fingerprint density at radius 3 is 2.68 bits per heavy atom. The predicted octanol–water partition coefficient (Wildman–Crippen LogP) is 4.81. The average Bonchev–Trinajstić information content (AvgIpc) is 2.57. The molecule has 3 aromatic rings. The van der Waals surface area contributed by atoms with Crippen LogP contribution in [0.5, 0.6) is 0 Å². The van der Waals surface area contributed by atoms with Crippen molar-refractivity contribution in [3.63, 3.8) is 0 Å². The van der Waals surface area contributed by atoms with Crippen molar-refractivity contribution in [2.45, 2.75) is 13.3 Å². The van der Waals surface area contributed by atoms with Gasteiger partial charge in [-0.05, 0) is 58.2 Å². The number of amides is 1. The number of fused-ring (bicyclic) bond motifs is 1. The van der Waals surface area contributed by atoms with Gasteiger partial charge in [-0.25, -0.2) is 0 Å². The summed E-state index contributed by atoms with van der Waals surface area (Å²) in [6, 6.07) is 15.1. The highest BCUT2D eigenvalue weighted by Crippen LogP contribution is 2.33. The number of aromatic nitrogens is 1. The topological polar surface area (TPSA) is 42.0 Å². The number of hydrogen-bond donors (Lipinski definition) is 1. The molecular formula is C18H15BrN2O. The fourth-order valence-corrected chi connectivity index (χ4v) is 3.05. The van der Waals surface area contributed by atoms with Crippen molar-refractivity contribution in [3.05, 3.63) is 70.3 Å². The number of anilines is 1. The number of rotatable bonds is 3. The van der Waals surface area contributed by atoms with Crippen LogP contribution in [-0.2, 0) is 6.42 Å². The second kappa shape index (κ2) is 6.28. The molecule has 0 saturated heterocycles. The van der Waals surface area contributed by atoms with E-state index in [2.05, 4.69) is 33.2 Å². The summed E-state index contributed by atoms with van der Waals surface area (Å²) in [6.45, 7) is 2.10. The van der Waals surface area contributed by atoms with Gasteiger partial charge in [-0.1, -0.05) is 25.1 Å². The zero-order valence-electron chi connectivity index (χ0n) is 12.1. The molecule has 0 atom stereocenters. The first kappa shape index (κ1) is 14.7. The van der Waals surface area contributed by atoms with Gasteiger partial charge in [-0.2, -0.15) is 0 Å². The Bertz CT molecular complexity index is 831. The van der Waals surface area contributed by atoms with E-state index in [0.717, 1.165) is 33.0 Å². The van der Waals surface area contributed by atoms with Gasteiger partial charge in [-0.3, -0.25) is 9.78 Å². The molecule has 0 fully saturated rings. The summed E-state index contributed by atoms with van der Waals surface area (Å²) in [5, 5.41) is 3.94. The van der Waals surface area contributed by atoms with E-state index in [9.17, 15) is 4.79 Å². The minimum Gasteiger partial charge on any atom is -0.320 e. The third-order valence-electron chi connectivity index (χ3n) is 3.58. The molecule has 0 unspecified atom stereocenters. The number of carbonyl (C=O) groups excluding carboxylic acids is 1. The summed E-state index contributed by atoms with van der Waals surface area (Å²) in [5.74, 6) is -0.129. The highest BCUT2D eigenvalue weighted by atomic mass is 79.9. The lowest BCUT2D eigenvalue weighted by Crippen LogP contribution is -2.12. The highest BCUT2D eigenvalue weighted by Gasteiger charge is 2.14. The van der Waals surface area contributed by atoms with Crippen LogP contribution in [-0.4, -0.2) is 10.9 Å². The van der Waals surface area contributed by atoms with E-state index in [1.54, 1.807) is 18.3 Å². The lowest BCUT2D eigenvalue weighted by Gasteiger charge is -2.13. The molecule has 22 heavy (non-hydrogen) atoms. The molecule has 4 heteroatoms. The van der Waals surface area contributed by atoms with E-state index >= 15 is 0 Å². The van der Waals surface area contributed by atoms with Gasteiger partial charge in [-0.15, -0.1) is 0 Å². The van der Waals surface area contributed by atoms with Crippen molar-refractivity contribution >= 4 is 38.4 Å². The summed E-state index contributed by atoms with van der Waals surface area (Å²) < 4.78 is 0.870. The summed E-state index contributed by atoms with van der Waals surface area (Å²) in [6.07, 6.45) is 2.66. The molecule has 1 amide bonds. The van der Waals surface area contributed by atoms with Gasteiger partial charge in [0.15, 0.2) is 0 Å². The van der Waals surface area contributed by atoms with Crippen LogP contribution < -0.4 is 5.32 Å². The molecule has 0 bridgehead atoms. The lowest BCUT2D eigenvalue weighted by molar-refractivity contribution is 0.102. The number of hydrogen-bond acceptors (Lipinski definition) is 2. The SMILES string of the molecule is CCc1cc(Br)c(NC(=O)c2ccccc2)c2cccnc12. The van der Waals surface area contributed by atoms with E-state index in [1.165, 1.54) is 0 Å². The second-order valence-electron chi connectivity index (χ2n) is 4.97. The number of nitrogens with one attached hydrogen (secondary N) is 1. The van der Waals surface area contributed by atoms with Gasteiger partial charge in [0.05, 0.1) is 11.2 Å². The van der Waals surface area contributed by atoms with Crippen LogP contribution in [0.1, 0.15) is 22.8 Å². The molecule has 3 nitrogen and oxygen atoms in total. The first-order valence-electron chi connectivity index (χ1n) is 7.13. The maximum absolute atomic E-state index is 12.4. The number of benzene rings is 2. The normalized spacial score (nSPS) is 10.6. The zero-order valence-corrected chi connectivity index (χ0v) is 13.7. The Balaban J connectivity index is 2.08. The summed E-state index contributed by atoms with van der Waals surface area (Å²) in [5.41, 5.74) is 3.47. The third kappa shape index (κ3) is 2.74. The van der Waals surface area contributed by atoms with Crippen molar-refractivity contribution in [1.82, 2.24) is 4.98 Å². The number of halogens is 1.